The first kappa shape index (κ1) is 12.6. The van der Waals surface area contributed by atoms with Gasteiger partial charge in [-0.1, -0.05) is 0 Å². The first-order valence-electron chi connectivity index (χ1n) is 5.24. The zero-order valence-corrected chi connectivity index (χ0v) is 10.0. The molecule has 1 fully saturated rings. The van der Waals surface area contributed by atoms with E-state index >= 15 is 0 Å². The summed E-state index contributed by atoms with van der Waals surface area (Å²) in [4.78, 5) is 11.6. The maximum Gasteiger partial charge on any atom is 0.161 e. The fraction of sp³-hybridized carbons (Fsp3) is 0.900. The topological polar surface area (TPSA) is 60.4 Å². The van der Waals surface area contributed by atoms with Crippen molar-refractivity contribution < 1.29 is 17.9 Å². The largest absolute Gasteiger partial charge is 0.368 e. The lowest BCUT2D eigenvalue weighted by Crippen LogP contribution is -2.21. The molecule has 5 heteroatoms. The molecule has 0 spiro atoms. The van der Waals surface area contributed by atoms with Gasteiger partial charge in [-0.25, -0.2) is 8.42 Å². The Labute approximate surface area is 90.9 Å². The minimum Gasteiger partial charge on any atom is -0.368 e. The monoisotopic (exact) mass is 234 g/mol. The lowest BCUT2D eigenvalue weighted by atomic mass is 10.1. The highest BCUT2D eigenvalue weighted by Crippen LogP contribution is 2.21. The molecule has 1 saturated heterocycles. The zero-order chi connectivity index (χ0) is 11.5. The van der Waals surface area contributed by atoms with E-state index in [1.54, 1.807) is 0 Å². The van der Waals surface area contributed by atoms with E-state index in [4.69, 9.17) is 4.74 Å². The predicted octanol–water partition coefficient (Wildman–Crippen LogP) is 0.948. The van der Waals surface area contributed by atoms with E-state index in [2.05, 4.69) is 0 Å². The second-order valence-corrected chi connectivity index (χ2v) is 6.47. The van der Waals surface area contributed by atoms with Crippen LogP contribution in [0.25, 0.3) is 0 Å². The number of ketones is 1. The third-order valence-corrected chi connectivity index (χ3v) is 3.56. The van der Waals surface area contributed by atoms with Gasteiger partial charge in [-0.15, -0.1) is 0 Å². The summed E-state index contributed by atoms with van der Waals surface area (Å²) >= 11 is 0. The first-order chi connectivity index (χ1) is 6.88. The molecule has 0 aromatic heterocycles. The molecule has 2 atom stereocenters. The summed E-state index contributed by atoms with van der Waals surface area (Å²) in [6.45, 7) is 1.95. The van der Waals surface area contributed by atoms with Crippen LogP contribution in [0.1, 0.15) is 32.6 Å². The molecule has 4 nitrogen and oxygen atoms in total. The van der Waals surface area contributed by atoms with Crippen LogP contribution in [0.3, 0.4) is 0 Å². The molecule has 1 rings (SSSR count). The van der Waals surface area contributed by atoms with Gasteiger partial charge in [-0.05, 0) is 26.2 Å². The molecule has 0 radical (unpaired) electrons. The molecule has 0 aromatic carbocycles. The Morgan fingerprint density at radius 2 is 2.07 bits per heavy atom. The summed E-state index contributed by atoms with van der Waals surface area (Å²) in [6, 6.07) is 0. The fourth-order valence-corrected chi connectivity index (χ4v) is 2.38. The van der Waals surface area contributed by atoms with Crippen LogP contribution >= 0.6 is 0 Å². The molecular weight excluding hydrogens is 216 g/mol. The Balaban J connectivity index is 2.25. The van der Waals surface area contributed by atoms with Gasteiger partial charge < -0.3 is 4.74 Å². The molecule has 0 saturated carbocycles. The quantitative estimate of drug-likeness (QED) is 0.710. The maximum atomic E-state index is 11.6. The molecule has 0 aromatic rings. The van der Waals surface area contributed by atoms with Crippen molar-refractivity contribution in [2.24, 2.45) is 0 Å². The van der Waals surface area contributed by atoms with Crippen molar-refractivity contribution in [1.29, 1.82) is 0 Å². The Morgan fingerprint density at radius 3 is 2.53 bits per heavy atom. The van der Waals surface area contributed by atoms with E-state index in [0.717, 1.165) is 12.8 Å². The van der Waals surface area contributed by atoms with Gasteiger partial charge in [0.05, 0.1) is 11.9 Å². The molecule has 0 bridgehead atoms. The molecule has 1 aliphatic rings. The molecule has 0 amide bonds. The molecule has 1 aliphatic heterocycles. The van der Waals surface area contributed by atoms with Gasteiger partial charge in [0.2, 0.25) is 0 Å². The van der Waals surface area contributed by atoms with Crippen molar-refractivity contribution in [3.05, 3.63) is 0 Å². The van der Waals surface area contributed by atoms with Crippen LogP contribution in [0.4, 0.5) is 0 Å². The van der Waals surface area contributed by atoms with Gasteiger partial charge in [0.15, 0.2) is 5.78 Å². The number of carbonyl (C=O) groups excluding carboxylic acids is 1. The second kappa shape index (κ2) is 5.07. The molecule has 0 aliphatic carbocycles. The molecular formula is C10H18O4S. The first-order valence-corrected chi connectivity index (χ1v) is 7.30. The SMILES string of the molecule is CC1CCC(C(=O)CCCS(C)(=O)=O)O1. The Hall–Kier alpha value is -0.420. The maximum absolute atomic E-state index is 11.6. The van der Waals surface area contributed by atoms with Crippen LogP contribution < -0.4 is 0 Å². The summed E-state index contributed by atoms with van der Waals surface area (Å²) in [5, 5.41) is 0. The number of ether oxygens (including phenoxy) is 1. The highest BCUT2D eigenvalue weighted by molar-refractivity contribution is 7.90. The van der Waals surface area contributed by atoms with Gasteiger partial charge in [0, 0.05) is 12.7 Å². The van der Waals surface area contributed by atoms with E-state index in [-0.39, 0.29) is 23.7 Å². The second-order valence-electron chi connectivity index (χ2n) is 4.21. The Kier molecular flexibility index (Phi) is 4.28. The average molecular weight is 234 g/mol. The standard InChI is InChI=1S/C10H18O4S/c1-8-5-6-10(14-8)9(11)4-3-7-15(2,12)13/h8,10H,3-7H2,1-2H3. The molecule has 15 heavy (non-hydrogen) atoms. The van der Waals surface area contributed by atoms with Crippen LogP contribution in [0.5, 0.6) is 0 Å². The van der Waals surface area contributed by atoms with Gasteiger partial charge in [0.1, 0.15) is 15.9 Å². The average Bonchev–Trinajstić information content (AvgIpc) is 2.49. The molecule has 2 unspecified atom stereocenters. The van der Waals surface area contributed by atoms with E-state index in [1.165, 1.54) is 6.26 Å². The number of carbonyl (C=O) groups is 1. The van der Waals surface area contributed by atoms with Crippen molar-refractivity contribution in [1.82, 2.24) is 0 Å². The number of sulfone groups is 1. The predicted molar refractivity (Wildman–Crippen MR) is 57.5 cm³/mol. The van der Waals surface area contributed by atoms with Crippen molar-refractivity contribution >= 4 is 15.6 Å². The van der Waals surface area contributed by atoms with Crippen molar-refractivity contribution in [3.63, 3.8) is 0 Å². The van der Waals surface area contributed by atoms with Crippen LogP contribution in [0, 0.1) is 0 Å². The number of hydrogen-bond donors (Lipinski definition) is 0. The van der Waals surface area contributed by atoms with Gasteiger partial charge in [-0.3, -0.25) is 4.79 Å². The summed E-state index contributed by atoms with van der Waals surface area (Å²) in [6.07, 6.45) is 3.47. The Bertz CT molecular complexity index is 320. The van der Waals surface area contributed by atoms with Crippen LogP contribution in [-0.2, 0) is 19.4 Å². The minimum absolute atomic E-state index is 0.0444. The molecule has 1 heterocycles. The summed E-state index contributed by atoms with van der Waals surface area (Å²) < 4.78 is 27.1. The highest BCUT2D eigenvalue weighted by Gasteiger charge is 2.27. The molecule has 0 N–H and O–H groups in total. The Morgan fingerprint density at radius 1 is 1.40 bits per heavy atom. The van der Waals surface area contributed by atoms with Crippen molar-refractivity contribution in [3.8, 4) is 0 Å². The van der Waals surface area contributed by atoms with E-state index < -0.39 is 9.84 Å². The summed E-state index contributed by atoms with van der Waals surface area (Å²) in [7, 11) is -2.95. The van der Waals surface area contributed by atoms with Crippen LogP contribution in [-0.4, -0.2) is 38.4 Å². The van der Waals surface area contributed by atoms with E-state index in [1.807, 2.05) is 6.92 Å². The number of rotatable bonds is 5. The smallest absolute Gasteiger partial charge is 0.161 e. The van der Waals surface area contributed by atoms with Gasteiger partial charge >= 0.3 is 0 Å². The summed E-state index contributed by atoms with van der Waals surface area (Å²) in [5.74, 6) is 0.129. The van der Waals surface area contributed by atoms with Crippen molar-refractivity contribution in [2.45, 2.75) is 44.8 Å². The van der Waals surface area contributed by atoms with Crippen LogP contribution in [0.15, 0.2) is 0 Å². The molecule has 88 valence electrons. The highest BCUT2D eigenvalue weighted by atomic mass is 32.2. The van der Waals surface area contributed by atoms with Gasteiger partial charge in [0.25, 0.3) is 0 Å². The lowest BCUT2D eigenvalue weighted by Gasteiger charge is -2.09. The number of Topliss-reactive ketones (excluding diaryl/α,β-unsaturated/α-hetero) is 1. The number of hydrogen-bond acceptors (Lipinski definition) is 4. The fourth-order valence-electron chi connectivity index (χ4n) is 1.71. The summed E-state index contributed by atoms with van der Waals surface area (Å²) in [5.41, 5.74) is 0. The third kappa shape index (κ3) is 4.75. The van der Waals surface area contributed by atoms with E-state index in [9.17, 15) is 13.2 Å². The normalized spacial score (nSPS) is 26.8. The lowest BCUT2D eigenvalue weighted by molar-refractivity contribution is -0.129. The van der Waals surface area contributed by atoms with Crippen molar-refractivity contribution in [2.75, 3.05) is 12.0 Å². The van der Waals surface area contributed by atoms with E-state index in [0.29, 0.717) is 12.8 Å². The van der Waals surface area contributed by atoms with Crippen LogP contribution in [0.2, 0.25) is 0 Å². The third-order valence-electron chi connectivity index (χ3n) is 2.53. The van der Waals surface area contributed by atoms with Gasteiger partial charge in [-0.2, -0.15) is 0 Å². The minimum atomic E-state index is -2.95. The zero-order valence-electron chi connectivity index (χ0n) is 9.23.